The third kappa shape index (κ3) is 11.7. The molecule has 0 saturated heterocycles. The lowest BCUT2D eigenvalue weighted by Crippen LogP contribution is -2.58. The average molecular weight is 666 g/mol. The van der Waals surface area contributed by atoms with Crippen LogP contribution in [0.15, 0.2) is 68.8 Å². The number of guanidine groups is 1. The topological polar surface area (TPSA) is 240 Å². The molecule has 0 bridgehead atoms. The van der Waals surface area contributed by atoms with Gasteiger partial charge < -0.3 is 47.0 Å². The van der Waals surface area contributed by atoms with E-state index in [-0.39, 0.29) is 37.3 Å². The maximum Gasteiger partial charge on any atom is 0.408 e. The van der Waals surface area contributed by atoms with Crippen molar-refractivity contribution in [1.29, 1.82) is 0 Å². The summed E-state index contributed by atoms with van der Waals surface area (Å²) in [5, 5.41) is 21.0. The first-order valence-electron chi connectivity index (χ1n) is 15.3. The zero-order chi connectivity index (χ0) is 35.4. The number of hydrogen-bond donors (Lipinski definition) is 7. The maximum atomic E-state index is 13.4. The normalized spacial score (nSPS) is 13.0. The van der Waals surface area contributed by atoms with Gasteiger partial charge in [-0.1, -0.05) is 30.3 Å². The lowest BCUT2D eigenvalue weighted by molar-refractivity contribution is -0.132. The Morgan fingerprint density at radius 3 is 2.23 bits per heavy atom. The molecule has 0 saturated carbocycles. The smallest absolute Gasteiger partial charge is 0.408 e. The predicted octanol–water partition coefficient (Wildman–Crippen LogP) is 1.19. The monoisotopic (exact) mass is 665 g/mol. The first-order valence-corrected chi connectivity index (χ1v) is 15.3. The number of nitrogens with zero attached hydrogens (tertiary/aromatic N) is 1. The molecule has 0 aliphatic rings. The van der Waals surface area contributed by atoms with E-state index < -0.39 is 59.8 Å². The number of nitrogens with two attached hydrogens (primary N) is 2. The Balaban J connectivity index is 1.77. The van der Waals surface area contributed by atoms with Crippen LogP contribution in [0.2, 0.25) is 0 Å². The van der Waals surface area contributed by atoms with E-state index in [9.17, 15) is 29.1 Å². The Hall–Kier alpha value is -5.44. The second-order valence-electron chi connectivity index (χ2n) is 12.1. The van der Waals surface area contributed by atoms with Crippen molar-refractivity contribution in [3.8, 4) is 0 Å². The van der Waals surface area contributed by atoms with Crippen molar-refractivity contribution in [1.82, 2.24) is 16.0 Å². The van der Waals surface area contributed by atoms with Crippen LogP contribution in [0.3, 0.4) is 0 Å². The molecule has 0 aliphatic heterocycles. The number of aryl methyl sites for hydroxylation is 1. The first-order chi connectivity index (χ1) is 22.6. The molecule has 0 radical (unpaired) electrons. The highest BCUT2D eigenvalue weighted by Gasteiger charge is 2.30. The highest BCUT2D eigenvalue weighted by molar-refractivity contribution is 6.00. The van der Waals surface area contributed by atoms with Crippen molar-refractivity contribution < 1.29 is 33.4 Å². The van der Waals surface area contributed by atoms with Gasteiger partial charge in [-0.05, 0) is 63.8 Å². The number of amides is 4. The number of alkyl carbamates (subject to hydrolysis) is 1. The fourth-order valence-corrected chi connectivity index (χ4v) is 4.65. The molecule has 2 aromatic carbocycles. The predicted molar refractivity (Wildman–Crippen MR) is 180 cm³/mol. The molecule has 3 atom stereocenters. The van der Waals surface area contributed by atoms with Gasteiger partial charge in [0.15, 0.2) is 5.96 Å². The fraction of sp³-hybridized carbons (Fsp3) is 0.394. The molecule has 0 aliphatic carbocycles. The van der Waals surface area contributed by atoms with E-state index in [0.29, 0.717) is 16.6 Å². The van der Waals surface area contributed by atoms with E-state index in [2.05, 4.69) is 26.3 Å². The summed E-state index contributed by atoms with van der Waals surface area (Å²) in [4.78, 5) is 68.5. The molecule has 1 heterocycles. The number of ether oxygens (including phenoxy) is 1. The van der Waals surface area contributed by atoms with Crippen LogP contribution in [0.25, 0.3) is 11.0 Å². The fourth-order valence-electron chi connectivity index (χ4n) is 4.65. The quantitative estimate of drug-likeness (QED) is 0.0561. The van der Waals surface area contributed by atoms with Gasteiger partial charge in [0, 0.05) is 36.2 Å². The maximum absolute atomic E-state index is 13.4. The van der Waals surface area contributed by atoms with Crippen LogP contribution in [0.1, 0.15) is 44.7 Å². The van der Waals surface area contributed by atoms with Gasteiger partial charge in [-0.2, -0.15) is 0 Å². The standard InChI is InChI=1S/C33H43N7O8/c1-19-15-27(42)47-26-17-21(12-13-22(19)26)37-28(43)23(11-8-14-36-31(34)35)38-30(45)25(18-41)39-29(44)24(16-20-9-6-5-7-10-20)40-32(46)48-33(2,3)4/h5-7,9-10,12-13,15,17,23-25,41H,8,11,14,16,18H2,1-4H3,(H,37,43)(H,38,45)(H,39,44)(H,40,46)(H4,34,35,36)/t23-,24-,25+/m0/s1. The lowest BCUT2D eigenvalue weighted by Gasteiger charge is -2.26. The van der Waals surface area contributed by atoms with Gasteiger partial charge >= 0.3 is 11.7 Å². The van der Waals surface area contributed by atoms with Crippen molar-refractivity contribution >= 4 is 46.4 Å². The Kier molecular flexibility index (Phi) is 13.1. The molecule has 3 aromatic rings. The summed E-state index contributed by atoms with van der Waals surface area (Å²) in [6.45, 7) is 6.13. The number of anilines is 1. The van der Waals surface area contributed by atoms with Crippen LogP contribution in [0.5, 0.6) is 0 Å². The molecule has 258 valence electrons. The van der Waals surface area contributed by atoms with E-state index >= 15 is 0 Å². The summed E-state index contributed by atoms with van der Waals surface area (Å²) in [7, 11) is 0. The van der Waals surface area contributed by atoms with Gasteiger partial charge in [0.05, 0.1) is 6.61 Å². The second-order valence-corrected chi connectivity index (χ2v) is 12.1. The second kappa shape index (κ2) is 16.9. The Labute approximate surface area is 277 Å². The van der Waals surface area contributed by atoms with Crippen molar-refractivity contribution in [2.45, 2.75) is 70.7 Å². The highest BCUT2D eigenvalue weighted by Crippen LogP contribution is 2.21. The SMILES string of the molecule is Cc1cc(=O)oc2cc(NC(=O)[C@H](CCCN=C(N)N)NC(=O)[C@@H](CO)NC(=O)[C@H](Cc3ccccc3)NC(=O)OC(C)(C)C)ccc12. The van der Waals surface area contributed by atoms with Crippen LogP contribution in [-0.4, -0.2) is 71.8 Å². The summed E-state index contributed by atoms with van der Waals surface area (Å²) < 4.78 is 10.6. The molecular formula is C33H43N7O8. The van der Waals surface area contributed by atoms with Gasteiger partial charge in [-0.25, -0.2) is 9.59 Å². The number of rotatable bonds is 14. The number of aliphatic hydroxyl groups excluding tert-OH is 1. The van der Waals surface area contributed by atoms with Crippen molar-refractivity contribution in [3.63, 3.8) is 0 Å². The van der Waals surface area contributed by atoms with Crippen LogP contribution < -0.4 is 38.4 Å². The van der Waals surface area contributed by atoms with Gasteiger partial charge in [-0.3, -0.25) is 19.4 Å². The highest BCUT2D eigenvalue weighted by atomic mass is 16.6. The third-order valence-electron chi connectivity index (χ3n) is 6.90. The number of nitrogens with one attached hydrogen (secondary N) is 4. The minimum atomic E-state index is -1.48. The number of fused-ring (bicyclic) bond motifs is 1. The molecule has 48 heavy (non-hydrogen) atoms. The van der Waals surface area contributed by atoms with E-state index in [1.54, 1.807) is 70.2 Å². The number of aliphatic hydroxyl groups is 1. The molecule has 4 amide bonds. The van der Waals surface area contributed by atoms with E-state index in [1.165, 1.54) is 12.1 Å². The number of carbonyl (C=O) groups excluding carboxylic acids is 4. The molecule has 0 fully saturated rings. The Morgan fingerprint density at radius 2 is 1.58 bits per heavy atom. The number of carbonyl (C=O) groups is 4. The summed E-state index contributed by atoms with van der Waals surface area (Å²) >= 11 is 0. The van der Waals surface area contributed by atoms with Gasteiger partial charge in [0.2, 0.25) is 17.7 Å². The zero-order valence-corrected chi connectivity index (χ0v) is 27.4. The number of hydrogen-bond acceptors (Lipinski definition) is 9. The van der Waals surface area contributed by atoms with E-state index in [1.807, 2.05) is 0 Å². The molecule has 9 N–H and O–H groups in total. The molecule has 15 heteroatoms. The van der Waals surface area contributed by atoms with Crippen LogP contribution in [0, 0.1) is 6.92 Å². The molecule has 0 unspecified atom stereocenters. The Morgan fingerprint density at radius 1 is 0.917 bits per heavy atom. The largest absolute Gasteiger partial charge is 0.444 e. The third-order valence-corrected chi connectivity index (χ3v) is 6.90. The van der Waals surface area contributed by atoms with Crippen molar-refractivity contribution in [2.24, 2.45) is 16.5 Å². The number of benzene rings is 2. The van der Waals surface area contributed by atoms with Gasteiger partial charge in [0.25, 0.3) is 0 Å². The van der Waals surface area contributed by atoms with E-state index in [0.717, 1.165) is 5.56 Å². The zero-order valence-electron chi connectivity index (χ0n) is 27.4. The van der Waals surface area contributed by atoms with Crippen LogP contribution in [-0.2, 0) is 25.5 Å². The average Bonchev–Trinajstić information content (AvgIpc) is 2.99. The lowest BCUT2D eigenvalue weighted by atomic mass is 10.0. The molecule has 1 aromatic heterocycles. The minimum absolute atomic E-state index is 0.0624. The first kappa shape index (κ1) is 37.0. The summed E-state index contributed by atoms with van der Waals surface area (Å²) in [5.74, 6) is -2.38. The van der Waals surface area contributed by atoms with Crippen LogP contribution in [0.4, 0.5) is 10.5 Å². The minimum Gasteiger partial charge on any atom is -0.444 e. The Bertz CT molecular complexity index is 1680. The summed E-state index contributed by atoms with van der Waals surface area (Å²) in [6, 6.07) is 11.2. The number of aliphatic imine (C=N–C) groups is 1. The van der Waals surface area contributed by atoms with Crippen LogP contribution >= 0.6 is 0 Å². The van der Waals surface area contributed by atoms with Gasteiger partial charge in [-0.15, -0.1) is 0 Å². The molecule has 0 spiro atoms. The van der Waals surface area contributed by atoms with Crippen molar-refractivity contribution in [2.75, 3.05) is 18.5 Å². The van der Waals surface area contributed by atoms with Gasteiger partial charge in [0.1, 0.15) is 29.3 Å². The molecule has 3 rings (SSSR count). The van der Waals surface area contributed by atoms with Crippen molar-refractivity contribution in [3.05, 3.63) is 76.1 Å². The molecule has 15 nitrogen and oxygen atoms in total. The summed E-state index contributed by atoms with van der Waals surface area (Å²) in [6.07, 6.45) is -0.410. The van der Waals surface area contributed by atoms with E-state index in [4.69, 9.17) is 20.6 Å². The molecular weight excluding hydrogens is 622 g/mol. The summed E-state index contributed by atoms with van der Waals surface area (Å²) in [5.41, 5.74) is 11.4.